The first-order valence-electron chi connectivity index (χ1n) is 5.07. The molecule has 0 aromatic rings. The molecule has 0 aliphatic carbocycles. The van der Waals surface area contributed by atoms with Gasteiger partial charge >= 0.3 is 0 Å². The van der Waals surface area contributed by atoms with E-state index in [4.69, 9.17) is 4.89 Å². The molecule has 0 radical (unpaired) electrons. The van der Waals surface area contributed by atoms with Crippen LogP contribution in [0, 0.1) is 0 Å². The van der Waals surface area contributed by atoms with Crippen LogP contribution in [0.4, 0.5) is 0 Å². The fourth-order valence-electron chi connectivity index (χ4n) is 1.20. The summed E-state index contributed by atoms with van der Waals surface area (Å²) in [4.78, 5) is 9.25. The Labute approximate surface area is 76.2 Å². The van der Waals surface area contributed by atoms with Crippen LogP contribution in [0.2, 0.25) is 0 Å². The molecule has 0 aliphatic rings. The smallest absolute Gasteiger partial charge is 0.0822 e. The van der Waals surface area contributed by atoms with Crippen molar-refractivity contribution in [3.63, 3.8) is 0 Å². The van der Waals surface area contributed by atoms with Gasteiger partial charge in [0.25, 0.3) is 0 Å². The van der Waals surface area contributed by atoms with Gasteiger partial charge in [0.05, 0.1) is 13.7 Å². The fraction of sp³-hybridized carbons (Fsp3) is 1.00. The van der Waals surface area contributed by atoms with E-state index >= 15 is 0 Å². The summed E-state index contributed by atoms with van der Waals surface area (Å²) in [6.07, 6.45) is 9.21. The Morgan fingerprint density at radius 3 is 2.00 bits per heavy atom. The van der Waals surface area contributed by atoms with Gasteiger partial charge in [-0.2, -0.15) is 0 Å². The van der Waals surface area contributed by atoms with Crippen LogP contribution in [-0.2, 0) is 9.78 Å². The lowest BCUT2D eigenvalue weighted by Crippen LogP contribution is -1.92. The number of hydrogen-bond donors (Lipinski definition) is 0. The summed E-state index contributed by atoms with van der Waals surface area (Å²) in [7, 11) is 1.56. The van der Waals surface area contributed by atoms with E-state index in [0.717, 1.165) is 13.0 Å². The molecule has 0 aliphatic heterocycles. The lowest BCUT2D eigenvalue weighted by Gasteiger charge is -2.00. The van der Waals surface area contributed by atoms with Gasteiger partial charge in [-0.25, -0.2) is 9.78 Å². The van der Waals surface area contributed by atoms with Gasteiger partial charge in [-0.05, 0) is 6.42 Å². The summed E-state index contributed by atoms with van der Waals surface area (Å²) in [6.45, 7) is 2.98. The summed E-state index contributed by atoms with van der Waals surface area (Å²) in [5.74, 6) is 0. The van der Waals surface area contributed by atoms with E-state index in [0.29, 0.717) is 0 Å². The fourth-order valence-corrected chi connectivity index (χ4v) is 1.20. The summed E-state index contributed by atoms with van der Waals surface area (Å²) >= 11 is 0. The monoisotopic (exact) mass is 174 g/mol. The van der Waals surface area contributed by atoms with Crippen LogP contribution >= 0.6 is 0 Å². The van der Waals surface area contributed by atoms with E-state index in [2.05, 4.69) is 11.8 Å². The first kappa shape index (κ1) is 11.9. The Hall–Kier alpha value is -0.0800. The van der Waals surface area contributed by atoms with E-state index < -0.39 is 0 Å². The summed E-state index contributed by atoms with van der Waals surface area (Å²) in [6, 6.07) is 0. The van der Waals surface area contributed by atoms with Crippen LogP contribution in [0.5, 0.6) is 0 Å². The molecule has 0 atom stereocenters. The molecule has 0 saturated carbocycles. The molecular formula is C10H22O2. The molecule has 74 valence electrons. The topological polar surface area (TPSA) is 18.5 Å². The third-order valence-corrected chi connectivity index (χ3v) is 1.95. The molecule has 0 rings (SSSR count). The van der Waals surface area contributed by atoms with Crippen LogP contribution in [0.3, 0.4) is 0 Å². The first-order chi connectivity index (χ1) is 5.91. The Kier molecular flexibility index (Phi) is 10.8. The quantitative estimate of drug-likeness (QED) is 0.303. The molecule has 0 saturated heterocycles. The zero-order chi connectivity index (χ0) is 9.07. The molecule has 2 heteroatoms. The third kappa shape index (κ3) is 9.92. The summed E-state index contributed by atoms with van der Waals surface area (Å²) in [5.41, 5.74) is 0. The van der Waals surface area contributed by atoms with E-state index in [-0.39, 0.29) is 0 Å². The zero-order valence-corrected chi connectivity index (χ0v) is 8.47. The van der Waals surface area contributed by atoms with Gasteiger partial charge in [0, 0.05) is 0 Å². The predicted octanol–water partition coefficient (Wildman–Crippen LogP) is 3.32. The van der Waals surface area contributed by atoms with Crippen LogP contribution in [-0.4, -0.2) is 13.7 Å². The molecule has 12 heavy (non-hydrogen) atoms. The van der Waals surface area contributed by atoms with E-state index in [1.54, 1.807) is 7.11 Å². The average Bonchev–Trinajstić information content (AvgIpc) is 2.10. The Bertz CT molecular complexity index is 64.2. The minimum atomic E-state index is 0.740. The highest BCUT2D eigenvalue weighted by Crippen LogP contribution is 2.06. The average molecular weight is 174 g/mol. The van der Waals surface area contributed by atoms with E-state index in [1.165, 1.54) is 38.5 Å². The maximum Gasteiger partial charge on any atom is 0.0822 e. The molecule has 0 aromatic heterocycles. The normalized spacial score (nSPS) is 10.5. The minimum Gasteiger partial charge on any atom is -0.240 e. The van der Waals surface area contributed by atoms with Crippen LogP contribution in [0.1, 0.15) is 51.9 Å². The lowest BCUT2D eigenvalue weighted by atomic mass is 10.1. The summed E-state index contributed by atoms with van der Waals surface area (Å²) < 4.78 is 0. The van der Waals surface area contributed by atoms with Gasteiger partial charge < -0.3 is 0 Å². The van der Waals surface area contributed by atoms with Crippen molar-refractivity contribution in [2.45, 2.75) is 51.9 Å². The maximum atomic E-state index is 4.76. The highest BCUT2D eigenvalue weighted by Gasteiger charge is 1.90. The Morgan fingerprint density at radius 1 is 0.833 bits per heavy atom. The molecule has 0 heterocycles. The highest BCUT2D eigenvalue weighted by molar-refractivity contribution is 4.43. The number of hydrogen-bond acceptors (Lipinski definition) is 2. The maximum absolute atomic E-state index is 4.76. The third-order valence-electron chi connectivity index (χ3n) is 1.95. The standard InChI is InChI=1S/C10H22O2/c1-3-4-5-6-7-8-9-10-12-11-2/h3-10H2,1-2H3. The van der Waals surface area contributed by atoms with Crippen molar-refractivity contribution < 1.29 is 9.78 Å². The first-order valence-corrected chi connectivity index (χ1v) is 5.07. The van der Waals surface area contributed by atoms with Crippen molar-refractivity contribution in [1.82, 2.24) is 0 Å². The largest absolute Gasteiger partial charge is 0.240 e. The number of rotatable bonds is 9. The predicted molar refractivity (Wildman–Crippen MR) is 51.0 cm³/mol. The van der Waals surface area contributed by atoms with Gasteiger partial charge in [0.2, 0.25) is 0 Å². The summed E-state index contributed by atoms with van der Waals surface area (Å²) in [5, 5.41) is 0. The molecule has 0 unspecified atom stereocenters. The number of unbranched alkanes of at least 4 members (excludes halogenated alkanes) is 6. The van der Waals surface area contributed by atoms with Crippen molar-refractivity contribution in [3.8, 4) is 0 Å². The SMILES string of the molecule is CCCCCCCCCOOC. The van der Waals surface area contributed by atoms with Crippen LogP contribution in [0.15, 0.2) is 0 Å². The molecule has 2 nitrogen and oxygen atoms in total. The zero-order valence-electron chi connectivity index (χ0n) is 8.47. The van der Waals surface area contributed by atoms with E-state index in [9.17, 15) is 0 Å². The molecule has 0 amide bonds. The molecule has 0 fully saturated rings. The second kappa shape index (κ2) is 10.9. The van der Waals surface area contributed by atoms with Crippen LogP contribution < -0.4 is 0 Å². The minimum absolute atomic E-state index is 0.740. The molecular weight excluding hydrogens is 152 g/mol. The Morgan fingerprint density at radius 2 is 1.42 bits per heavy atom. The van der Waals surface area contributed by atoms with E-state index in [1.807, 2.05) is 0 Å². The second-order valence-electron chi connectivity index (χ2n) is 3.11. The van der Waals surface area contributed by atoms with Crippen LogP contribution in [0.25, 0.3) is 0 Å². The van der Waals surface area contributed by atoms with Gasteiger partial charge in [-0.15, -0.1) is 0 Å². The van der Waals surface area contributed by atoms with Crippen molar-refractivity contribution >= 4 is 0 Å². The van der Waals surface area contributed by atoms with Crippen molar-refractivity contribution in [3.05, 3.63) is 0 Å². The van der Waals surface area contributed by atoms with Gasteiger partial charge in [0.15, 0.2) is 0 Å². The molecule has 0 N–H and O–H groups in total. The lowest BCUT2D eigenvalue weighted by molar-refractivity contribution is -0.272. The van der Waals surface area contributed by atoms with Crippen molar-refractivity contribution in [2.24, 2.45) is 0 Å². The van der Waals surface area contributed by atoms with Gasteiger partial charge in [0.1, 0.15) is 0 Å². The molecule has 0 spiro atoms. The molecule has 0 aromatic carbocycles. The van der Waals surface area contributed by atoms with Crippen molar-refractivity contribution in [1.29, 1.82) is 0 Å². The highest BCUT2D eigenvalue weighted by atomic mass is 17.2. The van der Waals surface area contributed by atoms with Crippen molar-refractivity contribution in [2.75, 3.05) is 13.7 Å². The Balaban J connectivity index is 2.73. The molecule has 0 bridgehead atoms. The van der Waals surface area contributed by atoms with Gasteiger partial charge in [-0.1, -0.05) is 45.4 Å². The second-order valence-corrected chi connectivity index (χ2v) is 3.11. The van der Waals surface area contributed by atoms with Gasteiger partial charge in [-0.3, -0.25) is 0 Å².